The van der Waals surface area contributed by atoms with Crippen molar-refractivity contribution in [2.45, 2.75) is 63.3 Å². The molecule has 2 unspecified atom stereocenters. The summed E-state index contributed by atoms with van der Waals surface area (Å²) in [4.78, 5) is 17.1. The molecule has 3 heterocycles. The van der Waals surface area contributed by atoms with E-state index in [1.807, 2.05) is 9.80 Å². The van der Waals surface area contributed by atoms with Gasteiger partial charge in [-0.15, -0.1) is 13.2 Å². The summed E-state index contributed by atoms with van der Waals surface area (Å²) in [5.41, 5.74) is 8.82. The average Bonchev–Trinajstić information content (AvgIpc) is 3.29. The number of carbonyl (C=O) groups excluding carboxylic acids is 1. The highest BCUT2D eigenvalue weighted by Gasteiger charge is 2.36. The van der Waals surface area contributed by atoms with Gasteiger partial charge in [0.2, 0.25) is 0 Å². The van der Waals surface area contributed by atoms with Crippen LogP contribution in [0, 0.1) is 0 Å². The molecular formula is C24H32F3N5O2. The van der Waals surface area contributed by atoms with Crippen LogP contribution < -0.4 is 10.5 Å². The first kappa shape index (κ1) is 24.4. The zero-order valence-corrected chi connectivity index (χ0v) is 19.5. The van der Waals surface area contributed by atoms with Gasteiger partial charge in [-0.05, 0) is 48.9 Å². The van der Waals surface area contributed by atoms with E-state index in [9.17, 15) is 18.0 Å². The second-order valence-corrected chi connectivity index (χ2v) is 9.66. The Kier molecular flexibility index (Phi) is 7.06. The molecule has 10 heteroatoms. The molecular weight excluding hydrogens is 447 g/mol. The van der Waals surface area contributed by atoms with E-state index in [1.54, 1.807) is 12.1 Å². The number of H-pyrrole nitrogens is 1. The normalized spacial score (nSPS) is 22.3. The predicted octanol–water partition coefficient (Wildman–Crippen LogP) is 4.55. The largest absolute Gasteiger partial charge is 0.573 e. The molecule has 1 aromatic heterocycles. The van der Waals surface area contributed by atoms with Gasteiger partial charge in [0.15, 0.2) is 0 Å². The van der Waals surface area contributed by atoms with E-state index < -0.39 is 6.36 Å². The Morgan fingerprint density at radius 3 is 2.35 bits per heavy atom. The standard InChI is InChI=1S/C24H32F3N5O2/c1-15(2)21-12-22(30-29-21)18-11-17(16-3-5-20(6-4-16)34-24(25,26)27)13-32(14-18)23(33)31-9-7-19(28)8-10-31/h3-6,12,15,17-19H,7-11,13-14,28H2,1-2H3,(H,29,30). The van der Waals surface area contributed by atoms with Crippen molar-refractivity contribution in [1.29, 1.82) is 0 Å². The molecule has 4 rings (SSSR count). The SMILES string of the molecule is CC(C)c1cc(C2CC(c3ccc(OC(F)(F)F)cc3)CN(C(=O)N3CCC(N)CC3)C2)[nH]n1. The Morgan fingerprint density at radius 2 is 1.76 bits per heavy atom. The lowest BCUT2D eigenvalue weighted by molar-refractivity contribution is -0.274. The lowest BCUT2D eigenvalue weighted by atomic mass is 9.83. The highest BCUT2D eigenvalue weighted by Crippen LogP contribution is 2.37. The molecule has 0 bridgehead atoms. The lowest BCUT2D eigenvalue weighted by Gasteiger charge is -2.41. The van der Waals surface area contributed by atoms with E-state index in [4.69, 9.17) is 5.73 Å². The first-order valence-corrected chi connectivity index (χ1v) is 11.8. The number of rotatable bonds is 4. The highest BCUT2D eigenvalue weighted by atomic mass is 19.4. The fourth-order valence-electron chi connectivity index (χ4n) is 4.81. The molecule has 1 aromatic carbocycles. The Labute approximate surface area is 197 Å². The maximum Gasteiger partial charge on any atom is 0.573 e. The molecule has 2 fully saturated rings. The molecule has 2 saturated heterocycles. The van der Waals surface area contributed by atoms with Crippen molar-refractivity contribution < 1.29 is 22.7 Å². The first-order chi connectivity index (χ1) is 16.1. The van der Waals surface area contributed by atoms with Gasteiger partial charge in [0.1, 0.15) is 5.75 Å². The summed E-state index contributed by atoms with van der Waals surface area (Å²) in [5, 5.41) is 7.57. The number of aromatic amines is 1. The lowest BCUT2D eigenvalue weighted by Crippen LogP contribution is -2.52. The number of hydrogen-bond acceptors (Lipinski definition) is 4. The van der Waals surface area contributed by atoms with E-state index in [0.717, 1.165) is 36.2 Å². The van der Waals surface area contributed by atoms with Gasteiger partial charge in [-0.3, -0.25) is 5.10 Å². The zero-order chi connectivity index (χ0) is 24.5. The van der Waals surface area contributed by atoms with Gasteiger partial charge in [-0.1, -0.05) is 26.0 Å². The van der Waals surface area contributed by atoms with Gasteiger partial charge >= 0.3 is 12.4 Å². The minimum Gasteiger partial charge on any atom is -0.406 e. The van der Waals surface area contributed by atoms with Crippen LogP contribution in [0.4, 0.5) is 18.0 Å². The third kappa shape index (κ3) is 5.84. The first-order valence-electron chi connectivity index (χ1n) is 11.8. The molecule has 0 aliphatic carbocycles. The number of halogens is 3. The third-order valence-corrected chi connectivity index (χ3v) is 6.77. The van der Waals surface area contributed by atoms with Crippen LogP contribution in [0.15, 0.2) is 30.3 Å². The van der Waals surface area contributed by atoms with Crippen molar-refractivity contribution in [3.63, 3.8) is 0 Å². The summed E-state index contributed by atoms with van der Waals surface area (Å²) in [6.45, 7) is 6.49. The molecule has 34 heavy (non-hydrogen) atoms. The van der Waals surface area contributed by atoms with Crippen molar-refractivity contribution >= 4 is 6.03 Å². The van der Waals surface area contributed by atoms with Crippen LogP contribution in [0.1, 0.15) is 67.8 Å². The fraction of sp³-hybridized carbons (Fsp3) is 0.583. The van der Waals surface area contributed by atoms with Gasteiger partial charge in [0.05, 0.1) is 5.69 Å². The predicted molar refractivity (Wildman–Crippen MR) is 122 cm³/mol. The molecule has 0 saturated carbocycles. The van der Waals surface area contributed by atoms with E-state index in [0.29, 0.717) is 26.2 Å². The number of nitrogens with one attached hydrogen (secondary N) is 1. The van der Waals surface area contributed by atoms with Gasteiger partial charge in [0.25, 0.3) is 0 Å². The smallest absolute Gasteiger partial charge is 0.406 e. The molecule has 2 amide bonds. The van der Waals surface area contributed by atoms with Crippen LogP contribution in [-0.2, 0) is 0 Å². The molecule has 2 aliphatic rings. The number of urea groups is 1. The van der Waals surface area contributed by atoms with Crippen molar-refractivity contribution in [1.82, 2.24) is 20.0 Å². The Hall–Kier alpha value is -2.75. The van der Waals surface area contributed by atoms with E-state index in [-0.39, 0.29) is 35.6 Å². The average molecular weight is 480 g/mol. The molecule has 3 N–H and O–H groups in total. The number of benzene rings is 1. The summed E-state index contributed by atoms with van der Waals surface area (Å²) >= 11 is 0. The molecule has 0 radical (unpaired) electrons. The minimum atomic E-state index is -4.73. The maximum absolute atomic E-state index is 13.4. The summed E-state index contributed by atoms with van der Waals surface area (Å²) < 4.78 is 41.7. The topological polar surface area (TPSA) is 87.5 Å². The van der Waals surface area contributed by atoms with E-state index >= 15 is 0 Å². The number of nitrogens with zero attached hydrogens (tertiary/aromatic N) is 3. The number of ether oxygens (including phenoxy) is 1. The summed E-state index contributed by atoms with van der Waals surface area (Å²) in [6.07, 6.45) is -2.41. The van der Waals surface area contributed by atoms with Crippen LogP contribution in [0.2, 0.25) is 0 Å². The van der Waals surface area contributed by atoms with Crippen LogP contribution in [-0.4, -0.2) is 64.6 Å². The number of alkyl halides is 3. The third-order valence-electron chi connectivity index (χ3n) is 6.77. The number of nitrogens with two attached hydrogens (primary N) is 1. The van der Waals surface area contributed by atoms with Crippen molar-refractivity contribution in [2.75, 3.05) is 26.2 Å². The van der Waals surface area contributed by atoms with Crippen LogP contribution >= 0.6 is 0 Å². The Balaban J connectivity index is 1.55. The van der Waals surface area contributed by atoms with Crippen LogP contribution in [0.5, 0.6) is 5.75 Å². The fourth-order valence-corrected chi connectivity index (χ4v) is 4.81. The van der Waals surface area contributed by atoms with Gasteiger partial charge in [-0.2, -0.15) is 5.10 Å². The van der Waals surface area contributed by atoms with Crippen molar-refractivity contribution in [2.24, 2.45) is 5.73 Å². The number of carbonyl (C=O) groups is 1. The highest BCUT2D eigenvalue weighted by molar-refractivity contribution is 5.75. The molecule has 186 valence electrons. The van der Waals surface area contributed by atoms with Gasteiger partial charge < -0.3 is 20.3 Å². The zero-order valence-electron chi connectivity index (χ0n) is 19.5. The second kappa shape index (κ2) is 9.85. The Bertz CT molecular complexity index is 968. The number of amides is 2. The monoisotopic (exact) mass is 479 g/mol. The number of piperidine rings is 2. The van der Waals surface area contributed by atoms with Crippen molar-refractivity contribution in [3.8, 4) is 5.75 Å². The molecule has 2 aliphatic heterocycles. The minimum absolute atomic E-state index is 0.0118. The quantitative estimate of drug-likeness (QED) is 0.674. The van der Waals surface area contributed by atoms with E-state index in [2.05, 4.69) is 34.8 Å². The number of hydrogen-bond donors (Lipinski definition) is 2. The van der Waals surface area contributed by atoms with Gasteiger partial charge in [0, 0.05) is 49.8 Å². The number of likely N-dealkylation sites (tertiary alicyclic amines) is 2. The number of aromatic nitrogens is 2. The molecule has 2 aromatic rings. The van der Waals surface area contributed by atoms with Gasteiger partial charge in [-0.25, -0.2) is 4.79 Å². The van der Waals surface area contributed by atoms with Crippen molar-refractivity contribution in [3.05, 3.63) is 47.3 Å². The molecule has 7 nitrogen and oxygen atoms in total. The Morgan fingerprint density at radius 1 is 1.12 bits per heavy atom. The summed E-state index contributed by atoms with van der Waals surface area (Å²) in [5.74, 6) is 0.0403. The second-order valence-electron chi connectivity index (χ2n) is 9.66. The molecule has 0 spiro atoms. The summed E-state index contributed by atoms with van der Waals surface area (Å²) in [7, 11) is 0. The summed E-state index contributed by atoms with van der Waals surface area (Å²) in [6, 6.07) is 8.15. The maximum atomic E-state index is 13.4. The van der Waals surface area contributed by atoms with E-state index in [1.165, 1.54) is 12.1 Å². The van der Waals surface area contributed by atoms with Crippen LogP contribution in [0.3, 0.4) is 0 Å². The van der Waals surface area contributed by atoms with Crippen LogP contribution in [0.25, 0.3) is 0 Å². The molecule has 2 atom stereocenters.